The van der Waals surface area contributed by atoms with Crippen molar-refractivity contribution in [3.8, 4) is 5.75 Å². The number of carbonyl (C=O) groups excluding carboxylic acids is 3. The molecule has 222 valence electrons. The summed E-state index contributed by atoms with van der Waals surface area (Å²) < 4.78 is 11.3. The van der Waals surface area contributed by atoms with Crippen LogP contribution in [0, 0.1) is 11.3 Å². The second-order valence-electron chi connectivity index (χ2n) is 11.7. The first-order chi connectivity index (χ1) is 19.6. The van der Waals surface area contributed by atoms with E-state index in [1.54, 1.807) is 0 Å². The number of carbonyl (C=O) groups is 3. The number of esters is 1. The third kappa shape index (κ3) is 11.4. The number of aliphatic hydroxyl groups excluding tert-OH is 1. The summed E-state index contributed by atoms with van der Waals surface area (Å²) in [4.78, 5) is 38.4. The number of nitrogens with one attached hydrogen (secondary N) is 2. The molecule has 0 aromatic heterocycles. The molecule has 0 saturated carbocycles. The van der Waals surface area contributed by atoms with Gasteiger partial charge >= 0.3 is 5.97 Å². The maximum atomic E-state index is 13.3. The van der Waals surface area contributed by atoms with Crippen molar-refractivity contribution in [1.29, 1.82) is 0 Å². The van der Waals surface area contributed by atoms with E-state index < -0.39 is 12.0 Å². The van der Waals surface area contributed by atoms with Crippen molar-refractivity contribution in [3.63, 3.8) is 0 Å². The number of allylic oxidation sites excluding steroid dienone is 2. The predicted molar refractivity (Wildman–Crippen MR) is 158 cm³/mol. The Morgan fingerprint density at radius 2 is 1.80 bits per heavy atom. The second kappa shape index (κ2) is 16.0. The molecule has 2 aromatic carbocycles. The van der Waals surface area contributed by atoms with E-state index in [-0.39, 0.29) is 48.9 Å². The van der Waals surface area contributed by atoms with Crippen LogP contribution >= 0.6 is 0 Å². The van der Waals surface area contributed by atoms with Crippen LogP contribution in [0.25, 0.3) is 0 Å². The van der Waals surface area contributed by atoms with Crippen LogP contribution in [0.3, 0.4) is 0 Å². The highest BCUT2D eigenvalue weighted by atomic mass is 16.5. The first kappa shape index (κ1) is 31.9. The van der Waals surface area contributed by atoms with Crippen LogP contribution in [0.5, 0.6) is 5.75 Å². The second-order valence-corrected chi connectivity index (χ2v) is 11.7. The molecule has 8 heteroatoms. The summed E-state index contributed by atoms with van der Waals surface area (Å²) in [6.07, 6.45) is 6.35. The molecule has 1 aliphatic heterocycles. The van der Waals surface area contributed by atoms with Gasteiger partial charge in [0.2, 0.25) is 11.8 Å². The highest BCUT2D eigenvalue weighted by Crippen LogP contribution is 2.22. The maximum absolute atomic E-state index is 13.3. The number of cyclic esters (lactones) is 1. The Bertz CT molecular complexity index is 1140. The van der Waals surface area contributed by atoms with Crippen molar-refractivity contribution >= 4 is 17.8 Å². The van der Waals surface area contributed by atoms with Crippen LogP contribution < -0.4 is 15.4 Å². The molecule has 0 fully saturated rings. The van der Waals surface area contributed by atoms with E-state index in [9.17, 15) is 19.5 Å². The lowest BCUT2D eigenvalue weighted by Crippen LogP contribution is -2.50. The van der Waals surface area contributed by atoms with Gasteiger partial charge in [-0.3, -0.25) is 14.4 Å². The fourth-order valence-corrected chi connectivity index (χ4v) is 4.49. The molecule has 1 aliphatic rings. The largest absolute Gasteiger partial charge is 0.489 e. The highest BCUT2D eigenvalue weighted by Gasteiger charge is 2.31. The summed E-state index contributed by atoms with van der Waals surface area (Å²) in [5, 5.41) is 15.9. The lowest BCUT2D eigenvalue weighted by molar-refractivity contribution is -0.146. The zero-order chi connectivity index (χ0) is 29.7. The minimum atomic E-state index is -0.590. The Morgan fingerprint density at radius 1 is 1.07 bits per heavy atom. The third-order valence-electron chi connectivity index (χ3n) is 7.15. The SMILES string of the molecule is CC(C)(C)C1COC(=O)CCCC=CCC(CC(=O)NC(CO)Cc2ccc(OCc3ccccc3)cc2)C(=O)N1. The summed E-state index contributed by atoms with van der Waals surface area (Å²) >= 11 is 0. The molecule has 3 N–H and O–H groups in total. The number of hydrogen-bond donors (Lipinski definition) is 3. The lowest BCUT2D eigenvalue weighted by atomic mass is 9.86. The third-order valence-corrected chi connectivity index (χ3v) is 7.15. The molecule has 0 bridgehead atoms. The molecular weight excluding hydrogens is 520 g/mol. The molecule has 41 heavy (non-hydrogen) atoms. The Labute approximate surface area is 243 Å². The molecule has 3 rings (SSSR count). The normalized spacial score (nSPS) is 19.5. The van der Waals surface area contributed by atoms with Gasteiger partial charge in [0.1, 0.15) is 19.0 Å². The Hall–Kier alpha value is -3.65. The molecule has 0 radical (unpaired) electrons. The number of ether oxygens (including phenoxy) is 2. The van der Waals surface area contributed by atoms with Crippen LogP contribution in [-0.2, 0) is 32.1 Å². The van der Waals surface area contributed by atoms with Crippen molar-refractivity contribution in [2.75, 3.05) is 13.2 Å². The minimum Gasteiger partial charge on any atom is -0.489 e. The minimum absolute atomic E-state index is 0.0183. The number of benzene rings is 2. The zero-order valence-corrected chi connectivity index (χ0v) is 24.4. The quantitative estimate of drug-likeness (QED) is 0.305. The number of amides is 2. The van der Waals surface area contributed by atoms with Crippen molar-refractivity contribution in [2.24, 2.45) is 11.3 Å². The topological polar surface area (TPSA) is 114 Å². The smallest absolute Gasteiger partial charge is 0.305 e. The summed E-state index contributed by atoms with van der Waals surface area (Å²) in [6.45, 7) is 6.24. The van der Waals surface area contributed by atoms with E-state index in [1.807, 2.05) is 87.5 Å². The lowest BCUT2D eigenvalue weighted by Gasteiger charge is -2.32. The predicted octanol–water partition coefficient (Wildman–Crippen LogP) is 4.50. The van der Waals surface area contributed by atoms with Gasteiger partial charge in [0, 0.05) is 12.8 Å². The molecule has 3 unspecified atom stereocenters. The number of hydrogen-bond acceptors (Lipinski definition) is 6. The average molecular weight is 565 g/mol. The maximum Gasteiger partial charge on any atom is 0.305 e. The van der Waals surface area contributed by atoms with Crippen LogP contribution in [-0.4, -0.2) is 48.2 Å². The van der Waals surface area contributed by atoms with E-state index >= 15 is 0 Å². The van der Waals surface area contributed by atoms with E-state index in [0.29, 0.717) is 38.7 Å². The molecular formula is C33H44N2O6. The van der Waals surface area contributed by atoms with E-state index in [1.165, 1.54) is 0 Å². The van der Waals surface area contributed by atoms with Gasteiger partial charge in [0.25, 0.3) is 0 Å². The fourth-order valence-electron chi connectivity index (χ4n) is 4.49. The van der Waals surface area contributed by atoms with Gasteiger partial charge in [0.05, 0.1) is 24.6 Å². The van der Waals surface area contributed by atoms with Crippen molar-refractivity contribution in [2.45, 2.75) is 78.0 Å². The van der Waals surface area contributed by atoms with Crippen LogP contribution in [0.4, 0.5) is 0 Å². The Morgan fingerprint density at radius 3 is 2.49 bits per heavy atom. The summed E-state index contributed by atoms with van der Waals surface area (Å²) in [6, 6.07) is 16.6. The van der Waals surface area contributed by atoms with Gasteiger partial charge in [-0.15, -0.1) is 0 Å². The van der Waals surface area contributed by atoms with E-state index in [0.717, 1.165) is 16.9 Å². The van der Waals surface area contributed by atoms with E-state index in [4.69, 9.17) is 9.47 Å². The van der Waals surface area contributed by atoms with Crippen molar-refractivity contribution in [1.82, 2.24) is 10.6 Å². The van der Waals surface area contributed by atoms with Gasteiger partial charge in [0.15, 0.2) is 0 Å². The zero-order valence-electron chi connectivity index (χ0n) is 24.4. The van der Waals surface area contributed by atoms with Gasteiger partial charge in [-0.2, -0.15) is 0 Å². The first-order valence-corrected chi connectivity index (χ1v) is 14.4. The van der Waals surface area contributed by atoms with Gasteiger partial charge in [-0.25, -0.2) is 0 Å². The van der Waals surface area contributed by atoms with Crippen LogP contribution in [0.1, 0.15) is 64.0 Å². The monoisotopic (exact) mass is 564 g/mol. The number of aliphatic hydroxyl groups is 1. The molecule has 8 nitrogen and oxygen atoms in total. The Kier molecular flexibility index (Phi) is 12.4. The standard InChI is InChI=1S/C33H44N2O6/c1-33(2,3)29-23-41-31(38)14-10-5-4-9-13-26(32(39)35-29)20-30(37)34-27(21-36)19-24-15-17-28(18-16-24)40-22-25-11-7-6-8-12-25/h4,6-9,11-12,15-18,26-27,29,36H,5,10,13-14,19-23H2,1-3H3,(H,34,37)(H,35,39). The summed E-state index contributed by atoms with van der Waals surface area (Å²) in [7, 11) is 0. The Balaban J connectivity index is 1.58. The van der Waals surface area contributed by atoms with Gasteiger partial charge in [-0.1, -0.05) is 75.4 Å². The number of rotatable bonds is 9. The van der Waals surface area contributed by atoms with Crippen LogP contribution in [0.15, 0.2) is 66.7 Å². The first-order valence-electron chi connectivity index (χ1n) is 14.4. The average Bonchev–Trinajstić information content (AvgIpc) is 2.96. The van der Waals surface area contributed by atoms with E-state index in [2.05, 4.69) is 10.6 Å². The molecule has 0 spiro atoms. The summed E-state index contributed by atoms with van der Waals surface area (Å²) in [5.41, 5.74) is 1.68. The highest BCUT2D eigenvalue weighted by molar-refractivity contribution is 5.86. The molecule has 0 saturated heterocycles. The van der Waals surface area contributed by atoms with Gasteiger partial charge < -0.3 is 25.2 Å². The molecule has 0 aliphatic carbocycles. The fraction of sp³-hybridized carbons (Fsp3) is 0.485. The molecule has 2 amide bonds. The van der Waals surface area contributed by atoms with Gasteiger partial charge in [-0.05, 0) is 54.4 Å². The molecule has 3 atom stereocenters. The van der Waals surface area contributed by atoms with Crippen molar-refractivity contribution in [3.05, 3.63) is 77.9 Å². The summed E-state index contributed by atoms with van der Waals surface area (Å²) in [5.74, 6) is -0.688. The molecule has 1 heterocycles. The van der Waals surface area contributed by atoms with Crippen molar-refractivity contribution < 1.29 is 29.0 Å². The van der Waals surface area contributed by atoms with Crippen LogP contribution in [0.2, 0.25) is 0 Å². The molecule has 2 aromatic rings.